The lowest BCUT2D eigenvalue weighted by Crippen LogP contribution is -2.34. The van der Waals surface area contributed by atoms with Gasteiger partial charge in [-0.1, -0.05) is 13.8 Å². The predicted molar refractivity (Wildman–Crippen MR) is 54.9 cm³/mol. The maximum Gasteiger partial charge on any atom is 0.320 e. The Kier molecular flexibility index (Phi) is 8.46. The van der Waals surface area contributed by atoms with Gasteiger partial charge in [0.15, 0.2) is 0 Å². The van der Waals surface area contributed by atoms with Gasteiger partial charge in [0, 0.05) is 0 Å². The van der Waals surface area contributed by atoms with Crippen molar-refractivity contribution in [1.29, 1.82) is 0 Å². The molecule has 0 radical (unpaired) electrons. The molecule has 0 saturated heterocycles. The standard InChI is InChI=1S/C5H11NO2.C4H7NO2/c1-3(2)4(6)5(7)8;1-3(6)2-4(5)7/h3-4H,6H2,1-2H3,(H,7,8);2H2,1H3,(H2,5,7)/t4-;/m0./s1. The number of primary amides is 1. The first-order valence-electron chi connectivity index (χ1n) is 4.44. The lowest BCUT2D eigenvalue weighted by Gasteiger charge is -2.07. The highest BCUT2D eigenvalue weighted by Gasteiger charge is 2.14. The zero-order valence-electron chi connectivity index (χ0n) is 9.19. The third-order valence-corrected chi connectivity index (χ3v) is 1.43. The molecular weight excluding hydrogens is 200 g/mol. The van der Waals surface area contributed by atoms with E-state index in [9.17, 15) is 14.4 Å². The van der Waals surface area contributed by atoms with E-state index in [1.165, 1.54) is 6.92 Å². The molecule has 88 valence electrons. The summed E-state index contributed by atoms with van der Waals surface area (Å²) in [7, 11) is 0. The third kappa shape index (κ3) is 12.6. The molecule has 5 N–H and O–H groups in total. The number of Topliss-reactive ketones (excluding diaryl/α,β-unsaturated/α-hetero) is 1. The summed E-state index contributed by atoms with van der Waals surface area (Å²) in [6.07, 6.45) is -0.139. The van der Waals surface area contributed by atoms with Crippen LogP contribution >= 0.6 is 0 Å². The van der Waals surface area contributed by atoms with Gasteiger partial charge in [-0.15, -0.1) is 0 Å². The Hall–Kier alpha value is -1.43. The highest BCUT2D eigenvalue weighted by atomic mass is 16.4. The molecule has 0 saturated carbocycles. The van der Waals surface area contributed by atoms with Crippen molar-refractivity contribution in [1.82, 2.24) is 0 Å². The minimum atomic E-state index is -0.931. The number of aliphatic carboxylic acids is 1. The lowest BCUT2D eigenvalue weighted by molar-refractivity contribution is -0.139. The smallest absolute Gasteiger partial charge is 0.320 e. The summed E-state index contributed by atoms with van der Waals surface area (Å²) >= 11 is 0. The first-order valence-corrected chi connectivity index (χ1v) is 4.44. The second-order valence-electron chi connectivity index (χ2n) is 3.45. The Labute approximate surface area is 88.6 Å². The number of nitrogens with two attached hydrogens (primary N) is 2. The van der Waals surface area contributed by atoms with Gasteiger partial charge >= 0.3 is 5.97 Å². The summed E-state index contributed by atoms with van der Waals surface area (Å²) in [5.41, 5.74) is 9.79. The molecule has 1 atom stereocenters. The van der Waals surface area contributed by atoms with Crippen molar-refractivity contribution >= 4 is 17.7 Å². The van der Waals surface area contributed by atoms with Gasteiger partial charge in [0.1, 0.15) is 11.8 Å². The van der Waals surface area contributed by atoms with Crippen molar-refractivity contribution in [2.75, 3.05) is 0 Å². The molecule has 0 aliphatic rings. The van der Waals surface area contributed by atoms with Gasteiger partial charge in [-0.05, 0) is 12.8 Å². The average Bonchev–Trinajstić information content (AvgIpc) is 2.00. The van der Waals surface area contributed by atoms with E-state index in [0.29, 0.717) is 0 Å². The number of carboxylic acid groups (broad SMARTS) is 1. The Morgan fingerprint density at radius 3 is 1.67 bits per heavy atom. The number of hydrogen-bond acceptors (Lipinski definition) is 4. The number of carboxylic acids is 1. The molecule has 0 fully saturated rings. The molecule has 0 aromatic carbocycles. The van der Waals surface area contributed by atoms with Crippen LogP contribution < -0.4 is 11.5 Å². The van der Waals surface area contributed by atoms with Crippen LogP contribution in [-0.2, 0) is 14.4 Å². The van der Waals surface area contributed by atoms with E-state index in [2.05, 4.69) is 5.73 Å². The average molecular weight is 218 g/mol. The van der Waals surface area contributed by atoms with Crippen molar-refractivity contribution in [3.05, 3.63) is 0 Å². The van der Waals surface area contributed by atoms with Gasteiger partial charge in [-0.25, -0.2) is 0 Å². The zero-order valence-corrected chi connectivity index (χ0v) is 9.19. The van der Waals surface area contributed by atoms with Gasteiger partial charge in [0.2, 0.25) is 5.91 Å². The predicted octanol–water partition coefficient (Wildman–Crippen LogP) is -0.495. The molecule has 0 aromatic heterocycles. The van der Waals surface area contributed by atoms with E-state index in [1.54, 1.807) is 13.8 Å². The van der Waals surface area contributed by atoms with Crippen LogP contribution in [0.4, 0.5) is 0 Å². The van der Waals surface area contributed by atoms with Crippen LogP contribution in [0.25, 0.3) is 0 Å². The topological polar surface area (TPSA) is 123 Å². The Bertz CT molecular complexity index is 226. The number of hydrogen-bond donors (Lipinski definition) is 3. The molecule has 6 heteroatoms. The van der Waals surface area contributed by atoms with Crippen LogP contribution in [-0.4, -0.2) is 28.8 Å². The molecule has 0 bridgehead atoms. The monoisotopic (exact) mass is 218 g/mol. The summed E-state index contributed by atoms with van der Waals surface area (Å²) in [6, 6.07) is -0.713. The molecular formula is C9H18N2O4. The number of amides is 1. The molecule has 0 heterocycles. The molecule has 0 aliphatic carbocycles. The minimum Gasteiger partial charge on any atom is -0.480 e. The van der Waals surface area contributed by atoms with E-state index in [0.717, 1.165) is 0 Å². The van der Waals surface area contributed by atoms with Crippen LogP contribution in [0.3, 0.4) is 0 Å². The Morgan fingerprint density at radius 1 is 1.27 bits per heavy atom. The number of carbonyl (C=O) groups excluding carboxylic acids is 2. The SMILES string of the molecule is CC(=O)CC(N)=O.CC(C)[C@H](N)C(=O)O. The fourth-order valence-corrected chi connectivity index (χ4v) is 0.531. The van der Waals surface area contributed by atoms with Gasteiger partial charge in [0.25, 0.3) is 0 Å². The minimum absolute atomic E-state index is 0.0208. The van der Waals surface area contributed by atoms with Crippen molar-refractivity contribution in [2.45, 2.75) is 33.2 Å². The van der Waals surface area contributed by atoms with E-state index in [4.69, 9.17) is 10.8 Å². The first-order chi connectivity index (χ1) is 6.68. The summed E-state index contributed by atoms with van der Waals surface area (Å²) in [5, 5.41) is 8.23. The van der Waals surface area contributed by atoms with Crippen LogP contribution in [0.2, 0.25) is 0 Å². The van der Waals surface area contributed by atoms with Crippen molar-refractivity contribution in [3.63, 3.8) is 0 Å². The molecule has 0 rings (SSSR count). The Balaban J connectivity index is 0. The number of carbonyl (C=O) groups is 3. The van der Waals surface area contributed by atoms with Crippen LogP contribution in [0.1, 0.15) is 27.2 Å². The fourth-order valence-electron chi connectivity index (χ4n) is 0.531. The highest BCUT2D eigenvalue weighted by Crippen LogP contribution is 1.96. The van der Waals surface area contributed by atoms with Crippen LogP contribution in [0.15, 0.2) is 0 Å². The summed E-state index contributed by atoms with van der Waals surface area (Å²) in [5.74, 6) is -1.66. The first kappa shape index (κ1) is 16.0. The Morgan fingerprint density at radius 2 is 1.67 bits per heavy atom. The fraction of sp³-hybridized carbons (Fsp3) is 0.667. The van der Waals surface area contributed by atoms with E-state index in [-0.39, 0.29) is 18.1 Å². The molecule has 6 nitrogen and oxygen atoms in total. The molecule has 0 spiro atoms. The van der Waals surface area contributed by atoms with Crippen LogP contribution in [0.5, 0.6) is 0 Å². The highest BCUT2D eigenvalue weighted by molar-refractivity contribution is 5.95. The molecule has 0 aromatic rings. The van der Waals surface area contributed by atoms with Gasteiger partial charge < -0.3 is 16.6 Å². The third-order valence-electron chi connectivity index (χ3n) is 1.43. The lowest BCUT2D eigenvalue weighted by atomic mass is 10.1. The van der Waals surface area contributed by atoms with Gasteiger partial charge in [-0.3, -0.25) is 14.4 Å². The maximum absolute atomic E-state index is 10.0. The van der Waals surface area contributed by atoms with Crippen molar-refractivity contribution in [3.8, 4) is 0 Å². The molecule has 0 aliphatic heterocycles. The van der Waals surface area contributed by atoms with E-state index < -0.39 is 17.9 Å². The largest absolute Gasteiger partial charge is 0.480 e. The van der Waals surface area contributed by atoms with E-state index in [1.807, 2.05) is 0 Å². The van der Waals surface area contributed by atoms with Crippen molar-refractivity contribution < 1.29 is 19.5 Å². The van der Waals surface area contributed by atoms with Crippen LogP contribution in [0, 0.1) is 5.92 Å². The summed E-state index contributed by atoms with van der Waals surface area (Å²) in [6.45, 7) is 4.88. The summed E-state index contributed by atoms with van der Waals surface area (Å²) in [4.78, 5) is 29.8. The normalized spacial score (nSPS) is 11.3. The number of rotatable bonds is 4. The molecule has 0 unspecified atom stereocenters. The maximum atomic E-state index is 10.0. The van der Waals surface area contributed by atoms with Gasteiger partial charge in [-0.2, -0.15) is 0 Å². The van der Waals surface area contributed by atoms with Crippen molar-refractivity contribution in [2.24, 2.45) is 17.4 Å². The molecule has 1 amide bonds. The number of ketones is 1. The summed E-state index contributed by atoms with van der Waals surface area (Å²) < 4.78 is 0. The molecule has 15 heavy (non-hydrogen) atoms. The zero-order chi connectivity index (χ0) is 12.6. The second-order valence-corrected chi connectivity index (χ2v) is 3.45. The van der Waals surface area contributed by atoms with E-state index >= 15 is 0 Å². The second kappa shape index (κ2) is 7.93. The van der Waals surface area contributed by atoms with Gasteiger partial charge in [0.05, 0.1) is 6.42 Å². The quantitative estimate of drug-likeness (QED) is 0.549.